The Hall–Kier alpha value is -2.33. The molecule has 1 amide bonds. The molecule has 0 radical (unpaired) electrons. The second kappa shape index (κ2) is 10.1. The van der Waals surface area contributed by atoms with Gasteiger partial charge in [-0.25, -0.2) is 0 Å². The number of H-pyrrole nitrogens is 1. The van der Waals surface area contributed by atoms with Crippen molar-refractivity contribution >= 4 is 23.3 Å². The average Bonchev–Trinajstić information content (AvgIpc) is 3.17. The number of rotatable bonds is 7. The van der Waals surface area contributed by atoms with Crippen molar-refractivity contribution in [1.29, 1.82) is 0 Å². The molecule has 1 unspecified atom stereocenters. The fourth-order valence-corrected chi connectivity index (χ4v) is 4.70. The lowest BCUT2D eigenvalue weighted by Crippen LogP contribution is -2.61. The highest BCUT2D eigenvalue weighted by Crippen LogP contribution is 2.23. The molecular weight excluding hydrogens is 430 g/mol. The van der Waals surface area contributed by atoms with Crippen LogP contribution in [0.25, 0.3) is 0 Å². The number of aromatic amines is 1. The van der Waals surface area contributed by atoms with Crippen molar-refractivity contribution in [3.63, 3.8) is 0 Å². The van der Waals surface area contributed by atoms with Gasteiger partial charge in [0.2, 0.25) is 5.91 Å². The number of piperidine rings is 1. The molecule has 4 heterocycles. The summed E-state index contributed by atoms with van der Waals surface area (Å²) in [6.45, 7) is 11.4. The first-order valence-electron chi connectivity index (χ1n) is 11.1. The number of amides is 1. The van der Waals surface area contributed by atoms with Crippen LogP contribution >= 0.6 is 11.6 Å². The summed E-state index contributed by atoms with van der Waals surface area (Å²) in [4.78, 5) is 16.4. The number of hydrogen-bond acceptors (Lipinski definition) is 7. The molecule has 0 saturated carbocycles. The zero-order valence-corrected chi connectivity index (χ0v) is 19.2. The molecule has 0 aromatic carbocycles. The minimum Gasteiger partial charge on any atom is -0.379 e. The van der Waals surface area contributed by atoms with E-state index in [0.29, 0.717) is 17.5 Å². The third kappa shape index (κ3) is 5.92. The van der Waals surface area contributed by atoms with Gasteiger partial charge in [-0.3, -0.25) is 20.1 Å². The number of likely N-dealkylation sites (tertiary alicyclic amines) is 1. The number of carbonyl (C=O) groups excluding carboxylic acids is 1. The van der Waals surface area contributed by atoms with E-state index in [1.807, 2.05) is 4.90 Å². The lowest BCUT2D eigenvalue weighted by atomic mass is 9.98. The molecule has 0 spiro atoms. The normalized spacial score (nSPS) is 26.7. The molecule has 10 heteroatoms. The molecule has 1 aromatic rings. The SMILES string of the molecule is C=CC(=O)N1CCC[C@H](NC2(C)C=C(CN3CCOCC3)C=C(Nc3cc(Cl)[nH]n3)N2)C1. The number of anilines is 1. The molecule has 2 atom stereocenters. The van der Waals surface area contributed by atoms with Crippen LogP contribution in [0.3, 0.4) is 0 Å². The third-order valence-electron chi connectivity index (χ3n) is 5.93. The highest BCUT2D eigenvalue weighted by atomic mass is 35.5. The van der Waals surface area contributed by atoms with Crippen LogP contribution in [0.5, 0.6) is 0 Å². The van der Waals surface area contributed by atoms with Crippen LogP contribution in [0.4, 0.5) is 5.82 Å². The number of ether oxygens (including phenoxy) is 1. The Balaban J connectivity index is 1.50. The van der Waals surface area contributed by atoms with Crippen molar-refractivity contribution in [2.24, 2.45) is 0 Å². The van der Waals surface area contributed by atoms with Crippen molar-refractivity contribution in [1.82, 2.24) is 30.6 Å². The van der Waals surface area contributed by atoms with Crippen molar-refractivity contribution in [3.05, 3.63) is 47.4 Å². The lowest BCUT2D eigenvalue weighted by Gasteiger charge is -2.41. The van der Waals surface area contributed by atoms with Gasteiger partial charge < -0.3 is 20.3 Å². The molecule has 0 aliphatic carbocycles. The van der Waals surface area contributed by atoms with Crippen LogP contribution in [-0.4, -0.2) is 83.5 Å². The van der Waals surface area contributed by atoms with Crippen LogP contribution in [0.2, 0.25) is 5.15 Å². The average molecular weight is 462 g/mol. The molecule has 3 aliphatic rings. The highest BCUT2D eigenvalue weighted by Gasteiger charge is 2.32. The maximum Gasteiger partial charge on any atom is 0.246 e. The van der Waals surface area contributed by atoms with Gasteiger partial charge in [0.1, 0.15) is 16.6 Å². The van der Waals surface area contributed by atoms with E-state index in [-0.39, 0.29) is 11.9 Å². The number of morpholine rings is 1. The number of nitrogens with one attached hydrogen (secondary N) is 4. The summed E-state index contributed by atoms with van der Waals surface area (Å²) < 4.78 is 5.49. The Morgan fingerprint density at radius 1 is 1.44 bits per heavy atom. The predicted molar refractivity (Wildman–Crippen MR) is 125 cm³/mol. The van der Waals surface area contributed by atoms with Gasteiger partial charge in [0.05, 0.1) is 13.2 Å². The van der Waals surface area contributed by atoms with Crippen LogP contribution in [-0.2, 0) is 9.53 Å². The van der Waals surface area contributed by atoms with E-state index in [0.717, 1.165) is 58.1 Å². The molecule has 2 fully saturated rings. The van der Waals surface area contributed by atoms with Crippen LogP contribution < -0.4 is 16.0 Å². The number of halogens is 1. The molecule has 4 rings (SSSR count). The summed E-state index contributed by atoms with van der Waals surface area (Å²) >= 11 is 5.99. The topological polar surface area (TPSA) is 97.5 Å². The Labute approximate surface area is 193 Å². The zero-order valence-electron chi connectivity index (χ0n) is 18.5. The first kappa shape index (κ1) is 22.8. The van der Waals surface area contributed by atoms with Gasteiger partial charge in [-0.1, -0.05) is 18.2 Å². The second-order valence-corrected chi connectivity index (χ2v) is 9.10. The van der Waals surface area contributed by atoms with E-state index in [1.54, 1.807) is 6.07 Å². The van der Waals surface area contributed by atoms with E-state index in [2.05, 4.69) is 56.7 Å². The largest absolute Gasteiger partial charge is 0.379 e. The molecule has 3 aliphatic heterocycles. The monoisotopic (exact) mass is 461 g/mol. The number of nitrogens with zero attached hydrogens (tertiary/aromatic N) is 3. The zero-order chi connectivity index (χ0) is 22.6. The van der Waals surface area contributed by atoms with Crippen molar-refractivity contribution in [2.75, 3.05) is 51.3 Å². The second-order valence-electron chi connectivity index (χ2n) is 8.69. The lowest BCUT2D eigenvalue weighted by molar-refractivity contribution is -0.127. The Morgan fingerprint density at radius 2 is 2.25 bits per heavy atom. The van der Waals surface area contributed by atoms with E-state index < -0.39 is 5.66 Å². The van der Waals surface area contributed by atoms with Gasteiger partial charge in [0.25, 0.3) is 0 Å². The number of hydrogen-bond donors (Lipinski definition) is 4. The van der Waals surface area contributed by atoms with E-state index in [1.165, 1.54) is 11.6 Å². The molecule has 4 N–H and O–H groups in total. The number of carbonyl (C=O) groups is 1. The van der Waals surface area contributed by atoms with Crippen molar-refractivity contribution in [2.45, 2.75) is 31.5 Å². The van der Waals surface area contributed by atoms with E-state index in [9.17, 15) is 4.79 Å². The van der Waals surface area contributed by atoms with Gasteiger partial charge in [-0.05, 0) is 43.6 Å². The Kier molecular flexibility index (Phi) is 7.20. The molecule has 0 bridgehead atoms. The smallest absolute Gasteiger partial charge is 0.246 e. The first-order chi connectivity index (χ1) is 15.4. The minimum absolute atomic E-state index is 0.0144. The van der Waals surface area contributed by atoms with Gasteiger partial charge >= 0.3 is 0 Å². The standard InChI is InChI=1S/C22H32ClN7O2/c1-3-21(31)30-6-4-5-17(15-30)25-22(2)13-16(14-29-7-9-32-10-8-29)11-19(26-22)24-20-12-18(23)27-28-20/h3,11-13,17,25-26H,1,4-10,14-15H2,2H3,(H2,24,27,28)/t17-,22?/m0/s1. The fraction of sp³-hybridized carbons (Fsp3) is 0.545. The third-order valence-corrected chi connectivity index (χ3v) is 6.12. The van der Waals surface area contributed by atoms with Crippen molar-refractivity contribution in [3.8, 4) is 0 Å². The molecule has 1 aromatic heterocycles. The highest BCUT2D eigenvalue weighted by molar-refractivity contribution is 6.29. The van der Waals surface area contributed by atoms with Gasteiger partial charge in [0, 0.05) is 44.8 Å². The molecule has 32 heavy (non-hydrogen) atoms. The first-order valence-corrected chi connectivity index (χ1v) is 11.5. The maximum absolute atomic E-state index is 12.1. The Morgan fingerprint density at radius 3 is 2.97 bits per heavy atom. The summed E-state index contributed by atoms with van der Waals surface area (Å²) in [5, 5.41) is 18.0. The van der Waals surface area contributed by atoms with Crippen LogP contribution in [0.15, 0.2) is 42.3 Å². The summed E-state index contributed by atoms with van der Waals surface area (Å²) in [5.41, 5.74) is 0.698. The quantitative estimate of drug-likeness (QED) is 0.458. The number of dihydropyridines is 1. The molecule has 9 nitrogen and oxygen atoms in total. The molecule has 2 saturated heterocycles. The predicted octanol–water partition coefficient (Wildman–Crippen LogP) is 1.66. The van der Waals surface area contributed by atoms with Gasteiger partial charge in [-0.15, -0.1) is 0 Å². The number of aromatic nitrogens is 2. The van der Waals surface area contributed by atoms with Crippen molar-refractivity contribution < 1.29 is 9.53 Å². The summed E-state index contributed by atoms with van der Waals surface area (Å²) in [7, 11) is 0. The van der Waals surface area contributed by atoms with Gasteiger partial charge in [-0.2, -0.15) is 5.10 Å². The van der Waals surface area contributed by atoms with Crippen LogP contribution in [0.1, 0.15) is 19.8 Å². The summed E-state index contributed by atoms with van der Waals surface area (Å²) in [5.74, 6) is 1.47. The minimum atomic E-state index is -0.496. The molecule has 174 valence electrons. The fourth-order valence-electron chi connectivity index (χ4n) is 4.55. The maximum atomic E-state index is 12.1. The molecular formula is C22H32ClN7O2. The van der Waals surface area contributed by atoms with Crippen LogP contribution in [0, 0.1) is 0 Å². The Bertz CT molecular complexity index is 893. The van der Waals surface area contributed by atoms with E-state index >= 15 is 0 Å². The summed E-state index contributed by atoms with van der Waals surface area (Å²) in [6, 6.07) is 1.92. The van der Waals surface area contributed by atoms with E-state index in [4.69, 9.17) is 16.3 Å². The summed E-state index contributed by atoms with van der Waals surface area (Å²) in [6.07, 6.45) is 7.70. The van der Waals surface area contributed by atoms with Gasteiger partial charge in [0.15, 0.2) is 5.82 Å².